The summed E-state index contributed by atoms with van der Waals surface area (Å²) in [7, 11) is 0. The lowest BCUT2D eigenvalue weighted by molar-refractivity contribution is -0.137. The van der Waals surface area contributed by atoms with Crippen molar-refractivity contribution in [1.29, 1.82) is 0 Å². The van der Waals surface area contributed by atoms with E-state index in [4.69, 9.17) is 0 Å². The zero-order chi connectivity index (χ0) is 17.6. The van der Waals surface area contributed by atoms with Gasteiger partial charge in [0, 0.05) is 31.9 Å². The third-order valence-corrected chi connectivity index (χ3v) is 3.50. The minimum atomic E-state index is -4.45. The first-order valence-electron chi connectivity index (χ1n) is 7.56. The lowest BCUT2D eigenvalue weighted by atomic mass is 10.2. The molecule has 1 aliphatic rings. The number of carbonyl (C=O) groups excluding carboxylic acids is 2. The number of benzene rings is 1. The Morgan fingerprint density at radius 3 is 2.83 bits per heavy atom. The number of nitrogens with zero attached hydrogens (tertiary/aromatic N) is 1. The molecule has 3 amide bonds. The summed E-state index contributed by atoms with van der Waals surface area (Å²) in [6, 6.07) is 3.89. The van der Waals surface area contributed by atoms with Gasteiger partial charge in [0.15, 0.2) is 0 Å². The van der Waals surface area contributed by atoms with Crippen LogP contribution in [0.25, 0.3) is 0 Å². The van der Waals surface area contributed by atoms with Gasteiger partial charge in [-0.3, -0.25) is 9.69 Å². The van der Waals surface area contributed by atoms with Gasteiger partial charge < -0.3 is 16.0 Å². The van der Waals surface area contributed by atoms with E-state index in [1.165, 1.54) is 12.1 Å². The van der Waals surface area contributed by atoms with Gasteiger partial charge in [0.25, 0.3) is 0 Å². The standard InChI is InChI=1S/C15H19F3N4O2/c16-15(17,18)11-3-1-4-12(9-11)21-14(24)20-5-2-7-22-8-6-19-13(23)10-22/h1,3-4,9H,2,5-8,10H2,(H,19,23)(H2,20,21,24). The number of urea groups is 1. The molecule has 1 aromatic carbocycles. The van der Waals surface area contributed by atoms with Gasteiger partial charge in [0.1, 0.15) is 0 Å². The van der Waals surface area contributed by atoms with E-state index < -0.39 is 17.8 Å². The molecule has 0 aromatic heterocycles. The van der Waals surface area contributed by atoms with Crippen molar-refractivity contribution in [3.8, 4) is 0 Å². The molecule has 24 heavy (non-hydrogen) atoms. The molecule has 132 valence electrons. The van der Waals surface area contributed by atoms with Crippen molar-refractivity contribution in [2.45, 2.75) is 12.6 Å². The predicted octanol–water partition coefficient (Wildman–Crippen LogP) is 1.65. The average Bonchev–Trinajstić information content (AvgIpc) is 2.51. The number of amides is 3. The maximum Gasteiger partial charge on any atom is 0.416 e. The number of rotatable bonds is 5. The smallest absolute Gasteiger partial charge is 0.354 e. The van der Waals surface area contributed by atoms with Gasteiger partial charge in [-0.05, 0) is 24.6 Å². The molecule has 6 nitrogen and oxygen atoms in total. The molecule has 1 aromatic rings. The van der Waals surface area contributed by atoms with Crippen LogP contribution in [0.1, 0.15) is 12.0 Å². The zero-order valence-electron chi connectivity index (χ0n) is 12.9. The Balaban J connectivity index is 1.71. The van der Waals surface area contributed by atoms with E-state index in [0.717, 1.165) is 18.7 Å². The second-order valence-electron chi connectivity index (χ2n) is 5.44. The Kier molecular flexibility index (Phi) is 6.02. The maximum absolute atomic E-state index is 12.6. The predicted molar refractivity (Wildman–Crippen MR) is 82.5 cm³/mol. The number of halogens is 3. The van der Waals surface area contributed by atoms with E-state index in [2.05, 4.69) is 16.0 Å². The minimum absolute atomic E-state index is 0.0171. The second kappa shape index (κ2) is 8.00. The lowest BCUT2D eigenvalue weighted by Gasteiger charge is -2.26. The van der Waals surface area contributed by atoms with Gasteiger partial charge in [0.2, 0.25) is 5.91 Å². The molecule has 3 N–H and O–H groups in total. The molecule has 0 unspecified atom stereocenters. The maximum atomic E-state index is 12.6. The van der Waals surface area contributed by atoms with Gasteiger partial charge in [-0.2, -0.15) is 13.2 Å². The number of nitrogens with one attached hydrogen (secondary N) is 3. The van der Waals surface area contributed by atoms with E-state index in [9.17, 15) is 22.8 Å². The molecule has 0 atom stereocenters. The second-order valence-corrected chi connectivity index (χ2v) is 5.44. The molecule has 9 heteroatoms. The highest BCUT2D eigenvalue weighted by Gasteiger charge is 2.30. The highest BCUT2D eigenvalue weighted by molar-refractivity contribution is 5.89. The topological polar surface area (TPSA) is 73.5 Å². The largest absolute Gasteiger partial charge is 0.416 e. The molecule has 1 saturated heterocycles. The van der Waals surface area contributed by atoms with E-state index in [1.54, 1.807) is 0 Å². The summed E-state index contributed by atoms with van der Waals surface area (Å²) in [6.07, 6.45) is -3.81. The molecule has 0 bridgehead atoms. The number of hydrogen-bond acceptors (Lipinski definition) is 3. The summed E-state index contributed by atoms with van der Waals surface area (Å²) >= 11 is 0. The van der Waals surface area contributed by atoms with Crippen LogP contribution in [-0.4, -0.2) is 49.6 Å². The molecule has 2 rings (SSSR count). The molecule has 1 fully saturated rings. The summed E-state index contributed by atoms with van der Waals surface area (Å²) in [6.45, 7) is 2.75. The van der Waals surface area contributed by atoms with Crippen LogP contribution in [0, 0.1) is 0 Å². The van der Waals surface area contributed by atoms with Gasteiger partial charge in [0.05, 0.1) is 12.1 Å². The van der Waals surface area contributed by atoms with Gasteiger partial charge in [-0.15, -0.1) is 0 Å². The molecule has 0 spiro atoms. The molecule has 0 radical (unpaired) electrons. The average molecular weight is 344 g/mol. The van der Waals surface area contributed by atoms with Crippen LogP contribution in [0.4, 0.5) is 23.7 Å². The van der Waals surface area contributed by atoms with Crippen molar-refractivity contribution in [3.05, 3.63) is 29.8 Å². The molecule has 1 aliphatic heterocycles. The van der Waals surface area contributed by atoms with E-state index in [-0.39, 0.29) is 11.6 Å². The molecule has 0 saturated carbocycles. The van der Waals surface area contributed by atoms with Crippen LogP contribution in [0.5, 0.6) is 0 Å². The highest BCUT2D eigenvalue weighted by atomic mass is 19.4. The Hall–Kier alpha value is -2.29. The van der Waals surface area contributed by atoms with Crippen molar-refractivity contribution in [3.63, 3.8) is 0 Å². The van der Waals surface area contributed by atoms with Crippen molar-refractivity contribution in [1.82, 2.24) is 15.5 Å². The van der Waals surface area contributed by atoms with Crippen molar-refractivity contribution in [2.75, 3.05) is 38.0 Å². The lowest BCUT2D eigenvalue weighted by Crippen LogP contribution is -2.48. The molecule has 1 heterocycles. The first-order valence-corrected chi connectivity index (χ1v) is 7.56. The van der Waals surface area contributed by atoms with Gasteiger partial charge >= 0.3 is 12.2 Å². The number of hydrogen-bond donors (Lipinski definition) is 3. The van der Waals surface area contributed by atoms with Crippen molar-refractivity contribution in [2.24, 2.45) is 0 Å². The quantitative estimate of drug-likeness (QED) is 0.711. The van der Waals surface area contributed by atoms with Crippen LogP contribution in [0.2, 0.25) is 0 Å². The Labute approximate surface area is 137 Å². The fourth-order valence-corrected chi connectivity index (χ4v) is 2.34. The van der Waals surface area contributed by atoms with Crippen LogP contribution in [-0.2, 0) is 11.0 Å². The van der Waals surface area contributed by atoms with Crippen LogP contribution in [0.15, 0.2) is 24.3 Å². The number of piperazine rings is 1. The third-order valence-electron chi connectivity index (χ3n) is 3.50. The monoisotopic (exact) mass is 344 g/mol. The zero-order valence-corrected chi connectivity index (χ0v) is 12.9. The van der Waals surface area contributed by atoms with Crippen molar-refractivity contribution < 1.29 is 22.8 Å². The molecular weight excluding hydrogens is 325 g/mol. The Morgan fingerprint density at radius 2 is 2.12 bits per heavy atom. The van der Waals surface area contributed by atoms with E-state index in [0.29, 0.717) is 32.6 Å². The number of carbonyl (C=O) groups is 2. The third kappa shape index (κ3) is 5.73. The summed E-state index contributed by atoms with van der Waals surface area (Å²) in [5.74, 6) is -0.0171. The summed E-state index contributed by atoms with van der Waals surface area (Å²) < 4.78 is 37.8. The van der Waals surface area contributed by atoms with E-state index >= 15 is 0 Å². The Bertz CT molecular complexity index is 592. The fraction of sp³-hybridized carbons (Fsp3) is 0.467. The number of alkyl halides is 3. The van der Waals surface area contributed by atoms with E-state index in [1.807, 2.05) is 4.90 Å². The van der Waals surface area contributed by atoms with Crippen molar-refractivity contribution >= 4 is 17.6 Å². The summed E-state index contributed by atoms with van der Waals surface area (Å²) in [4.78, 5) is 24.9. The van der Waals surface area contributed by atoms with Crippen LogP contribution < -0.4 is 16.0 Å². The van der Waals surface area contributed by atoms with Gasteiger partial charge in [-0.25, -0.2) is 4.79 Å². The number of anilines is 1. The first-order chi connectivity index (χ1) is 11.3. The summed E-state index contributed by atoms with van der Waals surface area (Å²) in [5.41, 5.74) is -0.737. The minimum Gasteiger partial charge on any atom is -0.354 e. The fourth-order valence-electron chi connectivity index (χ4n) is 2.34. The molecular formula is C15H19F3N4O2. The Morgan fingerprint density at radius 1 is 1.33 bits per heavy atom. The summed E-state index contributed by atoms with van der Waals surface area (Å²) in [5, 5.41) is 7.68. The SMILES string of the molecule is O=C1CN(CCCNC(=O)Nc2cccc(C(F)(F)F)c2)CCN1. The first kappa shape index (κ1) is 18.1. The molecule has 0 aliphatic carbocycles. The van der Waals surface area contributed by atoms with Crippen LogP contribution >= 0.6 is 0 Å². The highest BCUT2D eigenvalue weighted by Crippen LogP contribution is 2.30. The normalized spacial score (nSPS) is 15.7. The van der Waals surface area contributed by atoms with Gasteiger partial charge in [-0.1, -0.05) is 6.07 Å². The van der Waals surface area contributed by atoms with Crippen LogP contribution in [0.3, 0.4) is 0 Å².